The number of amides is 3. The normalized spacial score (nSPS) is 19.6. The molecule has 3 aromatic heterocycles. The van der Waals surface area contributed by atoms with Gasteiger partial charge in [-0.3, -0.25) is 29.1 Å². The van der Waals surface area contributed by atoms with Crippen LogP contribution >= 0.6 is 0 Å². The molecule has 6 aromatic carbocycles. The van der Waals surface area contributed by atoms with E-state index in [4.69, 9.17) is 38.5 Å². The third-order valence-electron chi connectivity index (χ3n) is 23.9. The lowest BCUT2D eigenvalue weighted by Crippen LogP contribution is -2.56. The van der Waals surface area contributed by atoms with Crippen LogP contribution < -0.4 is 44.9 Å². The summed E-state index contributed by atoms with van der Waals surface area (Å²) in [5.41, 5.74) is 9.55. The van der Waals surface area contributed by atoms with Crippen LogP contribution in [0, 0.1) is 34.0 Å². The molecular formula is C91H99F2N21O10. The number of piperazine rings is 3. The van der Waals surface area contributed by atoms with Crippen molar-refractivity contribution in [3.63, 3.8) is 0 Å². The minimum Gasteiger partial charge on any atom is -0.489 e. The first kappa shape index (κ1) is 84.8. The van der Waals surface area contributed by atoms with E-state index in [9.17, 15) is 39.0 Å². The second kappa shape index (κ2) is 40.5. The second-order valence-electron chi connectivity index (χ2n) is 31.9. The van der Waals surface area contributed by atoms with Gasteiger partial charge in [0.25, 0.3) is 5.91 Å². The molecular weight excluding hydrogens is 1590 g/mol. The standard InChI is InChI=1S/C32H37N7O4.C30H31F2N7O3.C29H31N7O3/c33-19-24-18-23(3-8-29(24)43-28-2-1-12-39(13-10-28)31(41)20-40)32-34-11-9-30(36-32)35-25-4-6-26(7-5-25)37-14-16-38(17-15-37)27-21-42-22-27;31-28(32)30(40)39-10-8-25(17-39)42-26-6-1-20(15-21(26)16-33)29-34-9-7-27(36-29)35-22-2-4-23(5-3-22)37-11-13-38(14-12-37)24-18-41-19-24;30-16-22-15-21(1-6-27(22)39-26-8-10-34(17-26)20-37)29-31-9-7-28(33-29)32-23-2-4-24(5-3-23)35-11-13-36(14-12-35)25-18-38-19-25/h3-9,11,18,27-28,40H,1-2,10,12-17,20-22H2,(H,34,35,36);1-7,9,15,24-25,28H,8,10-14,17-19H2,(H,34,35,36);1-7,9,15,20,25-26H,8,10-14,17-19H2,(H,31,32,33)/t;25-;26-/m.11/s1. The average molecular weight is 1680 g/mol. The Bertz CT molecular complexity index is 5280. The topological polar surface area (TPSA) is 341 Å². The zero-order chi connectivity index (χ0) is 85.3. The molecule has 9 aromatic rings. The first-order chi connectivity index (χ1) is 60.7. The number of rotatable bonds is 24. The van der Waals surface area contributed by atoms with Gasteiger partial charge in [-0.2, -0.15) is 24.6 Å². The average Bonchev–Trinajstić information content (AvgIpc) is 1.04. The first-order valence-corrected chi connectivity index (χ1v) is 42.3. The lowest BCUT2D eigenvalue weighted by atomic mass is 10.1. The second-order valence-corrected chi connectivity index (χ2v) is 31.9. The Hall–Kier alpha value is -12.8. The van der Waals surface area contributed by atoms with E-state index in [1.165, 1.54) is 17.1 Å². The largest absolute Gasteiger partial charge is 0.489 e. The third-order valence-corrected chi connectivity index (χ3v) is 23.9. The van der Waals surface area contributed by atoms with E-state index in [1.807, 2.05) is 36.4 Å². The molecule has 4 N–H and O–H groups in total. The monoisotopic (exact) mass is 1680 g/mol. The van der Waals surface area contributed by atoms with E-state index in [0.29, 0.717) is 126 Å². The van der Waals surface area contributed by atoms with Crippen LogP contribution in [0.15, 0.2) is 164 Å². The molecule has 9 aliphatic heterocycles. The van der Waals surface area contributed by atoms with E-state index < -0.39 is 25.0 Å². The molecule has 0 bridgehead atoms. The summed E-state index contributed by atoms with van der Waals surface area (Å²) < 4.78 is 59.6. The summed E-state index contributed by atoms with van der Waals surface area (Å²) in [6, 6.07) is 54.7. The van der Waals surface area contributed by atoms with Crippen molar-refractivity contribution in [2.75, 3.05) is 195 Å². The zero-order valence-corrected chi connectivity index (χ0v) is 68.8. The molecule has 12 heterocycles. The Kier molecular flexibility index (Phi) is 27.7. The lowest BCUT2D eigenvalue weighted by Gasteiger charge is -2.43. The Labute approximate surface area is 718 Å². The summed E-state index contributed by atoms with van der Waals surface area (Å²) >= 11 is 0. The first-order valence-electron chi connectivity index (χ1n) is 42.3. The van der Waals surface area contributed by atoms with Crippen LogP contribution in [0.3, 0.4) is 0 Å². The van der Waals surface area contributed by atoms with E-state index in [0.717, 1.165) is 177 Å². The van der Waals surface area contributed by atoms with Crippen molar-refractivity contribution in [1.29, 1.82) is 15.8 Å². The summed E-state index contributed by atoms with van der Waals surface area (Å²) in [7, 11) is 0. The minimum atomic E-state index is -3.04. The fourth-order valence-corrected chi connectivity index (χ4v) is 16.5. The van der Waals surface area contributed by atoms with Crippen LogP contribution in [-0.4, -0.2) is 290 Å². The highest BCUT2D eigenvalue weighted by Gasteiger charge is 2.35. The molecule has 0 saturated carbocycles. The number of anilines is 9. The van der Waals surface area contributed by atoms with Gasteiger partial charge >= 0.3 is 6.43 Å². The number of nitriles is 3. The number of aliphatic hydroxyl groups excluding tert-OH is 1. The maximum atomic E-state index is 12.7. The predicted molar refractivity (Wildman–Crippen MR) is 461 cm³/mol. The van der Waals surface area contributed by atoms with E-state index in [1.54, 1.807) is 76.9 Å². The Morgan fingerprint density at radius 1 is 0.444 bits per heavy atom. The van der Waals surface area contributed by atoms with Crippen molar-refractivity contribution in [2.24, 2.45) is 0 Å². The van der Waals surface area contributed by atoms with Gasteiger partial charge in [-0.05, 0) is 158 Å². The number of halogens is 2. The Morgan fingerprint density at radius 2 is 0.798 bits per heavy atom. The number of likely N-dealkylation sites (tertiary alicyclic amines) is 3. The van der Waals surface area contributed by atoms with E-state index in [-0.39, 0.29) is 36.8 Å². The van der Waals surface area contributed by atoms with Crippen molar-refractivity contribution in [3.8, 4) is 69.6 Å². The van der Waals surface area contributed by atoms with Crippen LogP contribution in [0.2, 0.25) is 0 Å². The van der Waals surface area contributed by atoms with Crippen molar-refractivity contribution in [1.82, 2.24) is 59.3 Å². The van der Waals surface area contributed by atoms with Crippen molar-refractivity contribution >= 4 is 69.8 Å². The van der Waals surface area contributed by atoms with Gasteiger partial charge in [0.15, 0.2) is 17.5 Å². The highest BCUT2D eigenvalue weighted by atomic mass is 19.3. The molecule has 18 rings (SSSR count). The van der Waals surface area contributed by atoms with Crippen molar-refractivity contribution in [2.45, 2.75) is 75.0 Å². The van der Waals surface area contributed by atoms with Crippen molar-refractivity contribution in [3.05, 3.63) is 181 Å². The fourth-order valence-electron chi connectivity index (χ4n) is 16.5. The van der Waals surface area contributed by atoms with Gasteiger partial charge < -0.3 is 78.9 Å². The van der Waals surface area contributed by atoms with Gasteiger partial charge in [0.1, 0.15) is 77.8 Å². The van der Waals surface area contributed by atoms with E-state index in [2.05, 4.69) is 149 Å². The molecule has 3 atom stereocenters. The SMILES string of the molecule is N#Cc1cc(-c2nccc(Nc3ccc(N4CCN(C5COC5)CC4)cc3)n2)ccc1OC1CCCN(C(=O)CO)CC1.N#Cc1cc(-c2nccc(Nc3ccc(N4CCN(C5COC5)CC4)cc3)n2)ccc1O[C@@H]1CCN(C(=O)C(F)F)C1.N#Cc1cc(-c2nccc(Nc3ccc(N4CCN(C5COC5)CC4)cc3)n2)ccc1O[C@@H]1CCN(C=O)C1. The molecule has 0 radical (unpaired) electrons. The number of carbonyl (C=O) groups excluding carboxylic acids is 3. The van der Waals surface area contributed by atoms with Crippen LogP contribution in [-0.2, 0) is 28.6 Å². The van der Waals surface area contributed by atoms with Crippen molar-refractivity contribution < 1.29 is 56.7 Å². The Balaban J connectivity index is 0.000000138. The molecule has 9 aliphatic rings. The third kappa shape index (κ3) is 21.3. The fraction of sp³-hybridized carbons (Fsp3) is 0.407. The van der Waals surface area contributed by atoms with E-state index >= 15 is 0 Å². The number of hydrogen-bond acceptors (Lipinski definition) is 28. The maximum absolute atomic E-state index is 12.7. The number of aliphatic hydroxyl groups is 1. The highest BCUT2D eigenvalue weighted by Crippen LogP contribution is 2.35. The number of nitrogens with one attached hydrogen (secondary N) is 3. The maximum Gasteiger partial charge on any atom is 0.315 e. The molecule has 3 amide bonds. The molecule has 1 unspecified atom stereocenters. The highest BCUT2D eigenvalue weighted by molar-refractivity contribution is 5.80. The van der Waals surface area contributed by atoms with Crippen LogP contribution in [0.25, 0.3) is 34.2 Å². The van der Waals surface area contributed by atoms with Crippen LogP contribution in [0.1, 0.15) is 48.8 Å². The number of ether oxygens (including phenoxy) is 6. The lowest BCUT2D eigenvalue weighted by molar-refractivity contribution is -0.142. The molecule has 124 heavy (non-hydrogen) atoms. The van der Waals surface area contributed by atoms with Crippen LogP contribution in [0.4, 0.5) is 60.4 Å². The summed E-state index contributed by atoms with van der Waals surface area (Å²) in [4.78, 5) is 80.9. The number of hydrogen-bond donors (Lipinski definition) is 4. The summed E-state index contributed by atoms with van der Waals surface area (Å²) in [5, 5.41) is 48.5. The molecule has 642 valence electrons. The number of benzene rings is 6. The molecule has 9 fully saturated rings. The molecule has 31 nitrogen and oxygen atoms in total. The van der Waals surface area contributed by atoms with Crippen LogP contribution in [0.5, 0.6) is 17.2 Å². The smallest absolute Gasteiger partial charge is 0.315 e. The quantitative estimate of drug-likeness (QED) is 0.0409. The van der Waals surface area contributed by atoms with Gasteiger partial charge in [0.05, 0.1) is 87.5 Å². The Morgan fingerprint density at radius 3 is 1.14 bits per heavy atom. The number of nitrogens with zero attached hydrogens (tertiary/aromatic N) is 18. The summed E-state index contributed by atoms with van der Waals surface area (Å²) in [6.07, 6.45) is 5.50. The zero-order valence-electron chi connectivity index (χ0n) is 68.8. The molecule has 0 aliphatic carbocycles. The minimum absolute atomic E-state index is 0.0560. The summed E-state index contributed by atoms with van der Waals surface area (Å²) in [5.74, 6) is 3.27. The van der Waals surface area contributed by atoms with Gasteiger partial charge in [0, 0.05) is 193 Å². The van der Waals surface area contributed by atoms with Gasteiger partial charge in [0.2, 0.25) is 12.3 Å². The number of alkyl halides is 2. The van der Waals surface area contributed by atoms with Gasteiger partial charge in [-0.1, -0.05) is 0 Å². The molecule has 33 heteroatoms. The van der Waals surface area contributed by atoms with Gasteiger partial charge in [-0.15, -0.1) is 0 Å². The number of carbonyl (C=O) groups is 3. The predicted octanol–water partition coefficient (Wildman–Crippen LogP) is 9.45. The van der Waals surface area contributed by atoms with Gasteiger partial charge in [-0.25, -0.2) is 29.9 Å². The molecule has 9 saturated heterocycles. The summed E-state index contributed by atoms with van der Waals surface area (Å²) in [6.45, 7) is 19.6. The number of aromatic nitrogens is 6. The molecule has 0 spiro atoms.